The fraction of sp³-hybridized carbons (Fsp3) is 0.263. The standard InChI is InChI=1S/C19H18BrFN2O4/c1-11(12-2-5-16-17(8-12)27-10-26-16)23-18(24)6-7-22-19(25)14-9-13(21)3-4-15(14)20/h2-5,8-9,11H,6-7,10H2,1H3,(H,22,25)(H,23,24). The van der Waals surface area contributed by atoms with Crippen molar-refractivity contribution in [3.8, 4) is 11.5 Å². The minimum atomic E-state index is -0.501. The first-order valence-corrected chi connectivity index (χ1v) is 9.15. The molecule has 2 aromatic rings. The van der Waals surface area contributed by atoms with Gasteiger partial charge in [0.15, 0.2) is 11.5 Å². The van der Waals surface area contributed by atoms with E-state index in [9.17, 15) is 14.0 Å². The van der Waals surface area contributed by atoms with Crippen molar-refractivity contribution >= 4 is 27.7 Å². The molecular formula is C19H18BrFN2O4. The Labute approximate surface area is 164 Å². The maximum atomic E-state index is 13.3. The first-order chi connectivity index (χ1) is 12.9. The SMILES string of the molecule is CC(NC(=O)CCNC(=O)c1cc(F)ccc1Br)c1ccc2c(c1)OCO2. The molecule has 1 atom stereocenters. The molecule has 2 amide bonds. The lowest BCUT2D eigenvalue weighted by Crippen LogP contribution is -2.32. The summed E-state index contributed by atoms with van der Waals surface area (Å²) < 4.78 is 24.4. The summed E-state index contributed by atoms with van der Waals surface area (Å²) in [4.78, 5) is 24.2. The second-order valence-corrected chi connectivity index (χ2v) is 6.89. The van der Waals surface area contributed by atoms with Crippen LogP contribution in [0.3, 0.4) is 0 Å². The first kappa shape index (κ1) is 19.2. The molecule has 2 N–H and O–H groups in total. The fourth-order valence-corrected chi connectivity index (χ4v) is 3.06. The number of amides is 2. The molecule has 142 valence electrons. The predicted molar refractivity (Wildman–Crippen MR) is 100 cm³/mol. The molecule has 0 aromatic heterocycles. The molecule has 1 aliphatic heterocycles. The molecule has 0 fully saturated rings. The molecule has 0 saturated heterocycles. The molecular weight excluding hydrogens is 419 g/mol. The van der Waals surface area contributed by atoms with Gasteiger partial charge in [-0.05, 0) is 58.7 Å². The topological polar surface area (TPSA) is 76.7 Å². The first-order valence-electron chi connectivity index (χ1n) is 8.36. The lowest BCUT2D eigenvalue weighted by molar-refractivity contribution is -0.121. The number of carbonyl (C=O) groups is 2. The van der Waals surface area contributed by atoms with E-state index in [1.165, 1.54) is 12.1 Å². The second kappa shape index (κ2) is 8.39. The Morgan fingerprint density at radius 3 is 2.78 bits per heavy atom. The van der Waals surface area contributed by atoms with E-state index in [1.807, 2.05) is 19.1 Å². The number of fused-ring (bicyclic) bond motifs is 1. The van der Waals surface area contributed by atoms with Crippen LogP contribution in [0.25, 0.3) is 0 Å². The van der Waals surface area contributed by atoms with Gasteiger partial charge in [0.1, 0.15) is 5.82 Å². The lowest BCUT2D eigenvalue weighted by atomic mass is 10.1. The van der Waals surface area contributed by atoms with E-state index in [0.717, 1.165) is 11.6 Å². The summed E-state index contributed by atoms with van der Waals surface area (Å²) in [6.45, 7) is 2.19. The van der Waals surface area contributed by atoms with Crippen LogP contribution in [0.1, 0.15) is 35.3 Å². The molecule has 27 heavy (non-hydrogen) atoms. The van der Waals surface area contributed by atoms with Crippen molar-refractivity contribution < 1.29 is 23.5 Å². The van der Waals surface area contributed by atoms with Crippen LogP contribution in [0.4, 0.5) is 4.39 Å². The highest BCUT2D eigenvalue weighted by atomic mass is 79.9. The largest absolute Gasteiger partial charge is 0.454 e. The molecule has 8 heteroatoms. The molecule has 0 bridgehead atoms. The van der Waals surface area contributed by atoms with Crippen LogP contribution in [0.5, 0.6) is 11.5 Å². The number of benzene rings is 2. The maximum absolute atomic E-state index is 13.3. The smallest absolute Gasteiger partial charge is 0.252 e. The van der Waals surface area contributed by atoms with E-state index < -0.39 is 11.7 Å². The number of nitrogens with one attached hydrogen (secondary N) is 2. The number of hydrogen-bond donors (Lipinski definition) is 2. The molecule has 0 saturated carbocycles. The van der Waals surface area contributed by atoms with Crippen LogP contribution >= 0.6 is 15.9 Å². The van der Waals surface area contributed by atoms with E-state index in [0.29, 0.717) is 16.0 Å². The molecule has 1 heterocycles. The molecule has 6 nitrogen and oxygen atoms in total. The van der Waals surface area contributed by atoms with Gasteiger partial charge >= 0.3 is 0 Å². The van der Waals surface area contributed by atoms with Crippen molar-refractivity contribution in [3.05, 3.63) is 57.8 Å². The zero-order valence-corrected chi connectivity index (χ0v) is 16.1. The van der Waals surface area contributed by atoms with E-state index >= 15 is 0 Å². The summed E-state index contributed by atoms with van der Waals surface area (Å²) in [6, 6.07) is 9.13. The summed E-state index contributed by atoms with van der Waals surface area (Å²) in [5.41, 5.74) is 1.07. The minimum Gasteiger partial charge on any atom is -0.454 e. The number of halogens is 2. The summed E-state index contributed by atoms with van der Waals surface area (Å²) in [5.74, 6) is 0.181. The summed E-state index contributed by atoms with van der Waals surface area (Å²) in [6.07, 6.45) is 0.105. The van der Waals surface area contributed by atoms with Crippen molar-refractivity contribution in [1.29, 1.82) is 0 Å². The van der Waals surface area contributed by atoms with Gasteiger partial charge in [-0.1, -0.05) is 6.07 Å². The van der Waals surface area contributed by atoms with Crippen LogP contribution in [-0.2, 0) is 4.79 Å². The van der Waals surface area contributed by atoms with Gasteiger partial charge in [-0.2, -0.15) is 0 Å². The Hall–Kier alpha value is -2.61. The monoisotopic (exact) mass is 436 g/mol. The maximum Gasteiger partial charge on any atom is 0.252 e. The van der Waals surface area contributed by atoms with Gasteiger partial charge in [-0.3, -0.25) is 9.59 Å². The third kappa shape index (κ3) is 4.77. The molecule has 0 spiro atoms. The van der Waals surface area contributed by atoms with Crippen molar-refractivity contribution in [2.75, 3.05) is 13.3 Å². The van der Waals surface area contributed by atoms with Gasteiger partial charge in [0.2, 0.25) is 12.7 Å². The third-order valence-corrected chi connectivity index (χ3v) is 4.78. The molecule has 3 rings (SSSR count). The Kier molecular flexibility index (Phi) is 5.95. The average Bonchev–Trinajstić information content (AvgIpc) is 3.11. The van der Waals surface area contributed by atoms with Gasteiger partial charge in [-0.25, -0.2) is 4.39 Å². The highest BCUT2D eigenvalue weighted by Crippen LogP contribution is 2.34. The Bertz CT molecular complexity index is 875. The summed E-state index contributed by atoms with van der Waals surface area (Å²) >= 11 is 3.21. The zero-order valence-electron chi connectivity index (χ0n) is 14.6. The van der Waals surface area contributed by atoms with E-state index in [4.69, 9.17) is 9.47 Å². The summed E-state index contributed by atoms with van der Waals surface area (Å²) in [7, 11) is 0. The van der Waals surface area contributed by atoms with Crippen molar-refractivity contribution in [1.82, 2.24) is 10.6 Å². The van der Waals surface area contributed by atoms with Gasteiger partial charge in [0.25, 0.3) is 5.91 Å². The number of rotatable bonds is 6. The molecule has 2 aromatic carbocycles. The lowest BCUT2D eigenvalue weighted by Gasteiger charge is -2.15. The van der Waals surface area contributed by atoms with Crippen LogP contribution in [0.15, 0.2) is 40.9 Å². The van der Waals surface area contributed by atoms with Gasteiger partial charge in [0.05, 0.1) is 11.6 Å². The van der Waals surface area contributed by atoms with Crippen molar-refractivity contribution in [2.24, 2.45) is 0 Å². The van der Waals surface area contributed by atoms with E-state index in [-0.39, 0.29) is 37.3 Å². The van der Waals surface area contributed by atoms with Crippen LogP contribution < -0.4 is 20.1 Å². The normalized spacial score (nSPS) is 13.1. The van der Waals surface area contributed by atoms with Crippen LogP contribution in [0.2, 0.25) is 0 Å². The van der Waals surface area contributed by atoms with Crippen LogP contribution in [-0.4, -0.2) is 25.2 Å². The van der Waals surface area contributed by atoms with Crippen molar-refractivity contribution in [3.63, 3.8) is 0 Å². The van der Waals surface area contributed by atoms with E-state index in [1.54, 1.807) is 6.07 Å². The average molecular weight is 437 g/mol. The third-order valence-electron chi connectivity index (χ3n) is 4.08. The minimum absolute atomic E-state index is 0.105. The van der Waals surface area contributed by atoms with E-state index in [2.05, 4.69) is 26.6 Å². The molecule has 1 aliphatic rings. The summed E-state index contributed by atoms with van der Waals surface area (Å²) in [5, 5.41) is 5.48. The number of carbonyl (C=O) groups excluding carboxylic acids is 2. The van der Waals surface area contributed by atoms with Gasteiger partial charge < -0.3 is 20.1 Å². The second-order valence-electron chi connectivity index (χ2n) is 6.03. The van der Waals surface area contributed by atoms with Crippen LogP contribution in [0, 0.1) is 5.82 Å². The van der Waals surface area contributed by atoms with Gasteiger partial charge in [0, 0.05) is 17.4 Å². The highest BCUT2D eigenvalue weighted by molar-refractivity contribution is 9.10. The Morgan fingerprint density at radius 2 is 1.96 bits per heavy atom. The molecule has 1 unspecified atom stereocenters. The molecule has 0 radical (unpaired) electrons. The van der Waals surface area contributed by atoms with Crippen molar-refractivity contribution in [2.45, 2.75) is 19.4 Å². The number of hydrogen-bond acceptors (Lipinski definition) is 4. The predicted octanol–water partition coefficient (Wildman–Crippen LogP) is 3.31. The fourth-order valence-electron chi connectivity index (χ4n) is 2.64. The Balaban J connectivity index is 1.48. The quantitative estimate of drug-likeness (QED) is 0.727. The highest BCUT2D eigenvalue weighted by Gasteiger charge is 2.17. The van der Waals surface area contributed by atoms with Gasteiger partial charge in [-0.15, -0.1) is 0 Å². The molecule has 0 aliphatic carbocycles. The number of ether oxygens (including phenoxy) is 2. The Morgan fingerprint density at radius 1 is 1.19 bits per heavy atom. The zero-order chi connectivity index (χ0) is 19.4.